The molecule has 0 aromatic heterocycles. The summed E-state index contributed by atoms with van der Waals surface area (Å²) >= 11 is 0. The molecule has 0 aromatic rings. The summed E-state index contributed by atoms with van der Waals surface area (Å²) in [7, 11) is 2.25. The summed E-state index contributed by atoms with van der Waals surface area (Å²) in [4.78, 5) is 2.48. The third kappa shape index (κ3) is 6.49. The molecule has 1 aliphatic rings. The van der Waals surface area contributed by atoms with E-state index in [1.807, 2.05) is 0 Å². The summed E-state index contributed by atoms with van der Waals surface area (Å²) in [5.74, 6) is 1.02. The van der Waals surface area contributed by atoms with E-state index in [1.54, 1.807) is 0 Å². The van der Waals surface area contributed by atoms with Gasteiger partial charge in [-0.05, 0) is 52.2 Å². The molecule has 0 aliphatic heterocycles. The zero-order valence-electron chi connectivity index (χ0n) is 11.3. The van der Waals surface area contributed by atoms with Crippen molar-refractivity contribution in [3.05, 3.63) is 0 Å². The van der Waals surface area contributed by atoms with Crippen molar-refractivity contribution in [3.8, 4) is 0 Å². The van der Waals surface area contributed by atoms with Gasteiger partial charge in [-0.25, -0.2) is 0 Å². The highest BCUT2D eigenvalue weighted by Gasteiger charge is 2.13. The SMILES string of the molecule is CC(N)CCCN(C)CCC1CCCCC1. The van der Waals surface area contributed by atoms with Crippen molar-refractivity contribution >= 4 is 0 Å². The maximum absolute atomic E-state index is 5.75. The molecule has 1 aliphatic carbocycles. The second kappa shape index (κ2) is 8.08. The molecule has 2 nitrogen and oxygen atoms in total. The van der Waals surface area contributed by atoms with Gasteiger partial charge in [0.1, 0.15) is 0 Å². The topological polar surface area (TPSA) is 29.3 Å². The molecule has 16 heavy (non-hydrogen) atoms. The average molecular weight is 226 g/mol. The van der Waals surface area contributed by atoms with Crippen molar-refractivity contribution in [3.63, 3.8) is 0 Å². The third-order valence-corrected chi connectivity index (χ3v) is 3.84. The summed E-state index contributed by atoms with van der Waals surface area (Å²) in [6.07, 6.45) is 11.2. The highest BCUT2D eigenvalue weighted by molar-refractivity contribution is 4.67. The van der Waals surface area contributed by atoms with E-state index in [1.165, 1.54) is 58.0 Å². The van der Waals surface area contributed by atoms with Crippen LogP contribution in [0.1, 0.15) is 58.3 Å². The van der Waals surface area contributed by atoms with Crippen molar-refractivity contribution in [2.45, 2.75) is 64.3 Å². The van der Waals surface area contributed by atoms with Crippen LogP contribution in [-0.2, 0) is 0 Å². The highest BCUT2D eigenvalue weighted by atomic mass is 15.1. The maximum atomic E-state index is 5.75. The minimum Gasteiger partial charge on any atom is -0.328 e. The van der Waals surface area contributed by atoms with Crippen molar-refractivity contribution in [2.75, 3.05) is 20.1 Å². The molecule has 0 amide bonds. The molecular formula is C14H30N2. The summed E-state index contributed by atoms with van der Waals surface area (Å²) in [5, 5.41) is 0. The van der Waals surface area contributed by atoms with Crippen molar-refractivity contribution in [2.24, 2.45) is 11.7 Å². The van der Waals surface area contributed by atoms with Crippen molar-refractivity contribution < 1.29 is 0 Å². The van der Waals surface area contributed by atoms with E-state index in [4.69, 9.17) is 5.73 Å². The van der Waals surface area contributed by atoms with Crippen LogP contribution in [0.2, 0.25) is 0 Å². The monoisotopic (exact) mass is 226 g/mol. The Labute approximate surface area is 102 Å². The van der Waals surface area contributed by atoms with E-state index in [0.29, 0.717) is 6.04 Å². The van der Waals surface area contributed by atoms with Gasteiger partial charge < -0.3 is 10.6 Å². The van der Waals surface area contributed by atoms with Crippen LogP contribution in [0.25, 0.3) is 0 Å². The van der Waals surface area contributed by atoms with E-state index in [0.717, 1.165) is 12.3 Å². The first-order valence-electron chi connectivity index (χ1n) is 7.12. The van der Waals surface area contributed by atoms with Crippen LogP contribution in [0, 0.1) is 5.92 Å². The standard InChI is InChI=1S/C14H30N2/c1-13(15)7-6-11-16(2)12-10-14-8-4-3-5-9-14/h13-14H,3-12,15H2,1-2H3. The van der Waals surface area contributed by atoms with E-state index in [-0.39, 0.29) is 0 Å². The van der Waals surface area contributed by atoms with Crippen LogP contribution in [-0.4, -0.2) is 31.1 Å². The smallest absolute Gasteiger partial charge is 0.00109 e. The lowest BCUT2D eigenvalue weighted by Crippen LogP contribution is -2.25. The molecule has 0 bridgehead atoms. The van der Waals surface area contributed by atoms with Gasteiger partial charge in [-0.3, -0.25) is 0 Å². The molecule has 0 saturated heterocycles. The Balaban J connectivity index is 1.98. The lowest BCUT2D eigenvalue weighted by atomic mass is 9.87. The molecule has 2 heteroatoms. The fourth-order valence-electron chi connectivity index (χ4n) is 2.67. The summed E-state index contributed by atoms with van der Waals surface area (Å²) in [6.45, 7) is 4.60. The Morgan fingerprint density at radius 1 is 1.19 bits per heavy atom. The first kappa shape index (κ1) is 14.0. The lowest BCUT2D eigenvalue weighted by molar-refractivity contribution is 0.260. The van der Waals surface area contributed by atoms with Gasteiger partial charge in [-0.2, -0.15) is 0 Å². The molecule has 1 rings (SSSR count). The van der Waals surface area contributed by atoms with Crippen LogP contribution < -0.4 is 5.73 Å². The van der Waals surface area contributed by atoms with Gasteiger partial charge >= 0.3 is 0 Å². The average Bonchev–Trinajstić information content (AvgIpc) is 2.27. The van der Waals surface area contributed by atoms with E-state index in [9.17, 15) is 0 Å². The fourth-order valence-corrected chi connectivity index (χ4v) is 2.67. The van der Waals surface area contributed by atoms with E-state index in [2.05, 4.69) is 18.9 Å². The molecule has 0 radical (unpaired) electrons. The van der Waals surface area contributed by atoms with Gasteiger partial charge in [0.15, 0.2) is 0 Å². The van der Waals surface area contributed by atoms with E-state index < -0.39 is 0 Å². The van der Waals surface area contributed by atoms with Gasteiger partial charge in [0.25, 0.3) is 0 Å². The first-order valence-corrected chi connectivity index (χ1v) is 7.12. The summed E-state index contributed by atoms with van der Waals surface area (Å²) < 4.78 is 0. The molecule has 1 unspecified atom stereocenters. The van der Waals surface area contributed by atoms with Gasteiger partial charge in [0, 0.05) is 6.04 Å². The van der Waals surface area contributed by atoms with Gasteiger partial charge in [0.05, 0.1) is 0 Å². The normalized spacial score (nSPS) is 20.2. The molecule has 1 atom stereocenters. The maximum Gasteiger partial charge on any atom is 0.00109 e. The Morgan fingerprint density at radius 2 is 1.88 bits per heavy atom. The fraction of sp³-hybridized carbons (Fsp3) is 1.00. The van der Waals surface area contributed by atoms with E-state index >= 15 is 0 Å². The molecular weight excluding hydrogens is 196 g/mol. The number of hydrogen-bond acceptors (Lipinski definition) is 2. The molecule has 0 aromatic carbocycles. The minimum absolute atomic E-state index is 0.367. The second-order valence-electron chi connectivity index (χ2n) is 5.72. The molecule has 0 spiro atoms. The van der Waals surface area contributed by atoms with Crippen molar-refractivity contribution in [1.29, 1.82) is 0 Å². The predicted octanol–water partition coefficient (Wildman–Crippen LogP) is 3.02. The summed E-state index contributed by atoms with van der Waals surface area (Å²) in [6, 6.07) is 0.367. The highest BCUT2D eigenvalue weighted by Crippen LogP contribution is 2.26. The van der Waals surface area contributed by atoms with Gasteiger partial charge in [0.2, 0.25) is 0 Å². The molecule has 0 heterocycles. The Hall–Kier alpha value is -0.0800. The molecule has 1 saturated carbocycles. The van der Waals surface area contributed by atoms with Crippen molar-refractivity contribution in [1.82, 2.24) is 4.90 Å². The van der Waals surface area contributed by atoms with Crippen LogP contribution in [0.5, 0.6) is 0 Å². The Bertz CT molecular complexity index is 162. The second-order valence-corrected chi connectivity index (χ2v) is 5.72. The molecule has 96 valence electrons. The Morgan fingerprint density at radius 3 is 2.50 bits per heavy atom. The number of rotatable bonds is 7. The third-order valence-electron chi connectivity index (χ3n) is 3.84. The van der Waals surface area contributed by atoms with Gasteiger partial charge in [-0.1, -0.05) is 32.1 Å². The van der Waals surface area contributed by atoms with Gasteiger partial charge in [-0.15, -0.1) is 0 Å². The lowest BCUT2D eigenvalue weighted by Gasteiger charge is -2.24. The molecule has 2 N–H and O–H groups in total. The summed E-state index contributed by atoms with van der Waals surface area (Å²) in [5.41, 5.74) is 5.75. The van der Waals surface area contributed by atoms with Crippen LogP contribution >= 0.6 is 0 Å². The Kier molecular flexibility index (Phi) is 7.06. The largest absolute Gasteiger partial charge is 0.328 e. The van der Waals surface area contributed by atoms with Crippen LogP contribution in [0.3, 0.4) is 0 Å². The number of nitrogens with zero attached hydrogens (tertiary/aromatic N) is 1. The zero-order chi connectivity index (χ0) is 11.8. The van der Waals surface area contributed by atoms with Crippen LogP contribution in [0.15, 0.2) is 0 Å². The zero-order valence-corrected chi connectivity index (χ0v) is 11.3. The number of nitrogens with two attached hydrogens (primary N) is 1. The predicted molar refractivity (Wildman–Crippen MR) is 71.6 cm³/mol. The quantitative estimate of drug-likeness (QED) is 0.723. The number of hydrogen-bond donors (Lipinski definition) is 1. The first-order chi connectivity index (χ1) is 7.68. The minimum atomic E-state index is 0.367. The van der Waals surface area contributed by atoms with Crippen LogP contribution in [0.4, 0.5) is 0 Å². The molecule has 1 fully saturated rings.